The lowest BCUT2D eigenvalue weighted by Crippen LogP contribution is -2.30. The van der Waals surface area contributed by atoms with Crippen LogP contribution < -0.4 is 0 Å². The molecule has 1 aliphatic carbocycles. The Balaban J connectivity index is 2.16. The number of aliphatic hydroxyl groups is 1. The molecule has 1 aliphatic rings. The Morgan fingerprint density at radius 3 is 2.73 bits per heavy atom. The number of rotatable bonds is 3. The number of hydrogen-bond acceptors (Lipinski definition) is 1. The summed E-state index contributed by atoms with van der Waals surface area (Å²) in [5.41, 5.74) is -0.245. The molecule has 1 N–H and O–H groups in total. The maximum absolute atomic E-state index is 13.5. The van der Waals surface area contributed by atoms with Gasteiger partial charge in [-0.15, -0.1) is 0 Å². The molecule has 1 unspecified atom stereocenters. The minimum atomic E-state index is -0.783. The average Bonchev–Trinajstić information content (AvgIpc) is 2.92. The first-order valence-corrected chi connectivity index (χ1v) is 5.53. The molecular formula is C12H14ClFO. The first kappa shape index (κ1) is 10.9. The van der Waals surface area contributed by atoms with Gasteiger partial charge in [-0.3, -0.25) is 0 Å². The Kier molecular flexibility index (Phi) is 2.73. The minimum absolute atomic E-state index is 0.326. The lowest BCUT2D eigenvalue weighted by Gasteiger charge is -2.23. The van der Waals surface area contributed by atoms with E-state index >= 15 is 0 Å². The largest absolute Gasteiger partial charge is 0.390 e. The van der Waals surface area contributed by atoms with Crippen LogP contribution in [0, 0.1) is 11.7 Å². The fraction of sp³-hybridized carbons (Fsp3) is 0.500. The van der Waals surface area contributed by atoms with Crippen LogP contribution in [0.1, 0.15) is 25.3 Å². The van der Waals surface area contributed by atoms with Crippen molar-refractivity contribution in [1.82, 2.24) is 0 Å². The molecule has 0 saturated heterocycles. The molecule has 1 saturated carbocycles. The monoisotopic (exact) mass is 228 g/mol. The molecule has 1 fully saturated rings. The van der Waals surface area contributed by atoms with Gasteiger partial charge in [-0.1, -0.05) is 17.7 Å². The number of halogens is 2. The normalized spacial score (nSPS) is 20.0. The molecular weight excluding hydrogens is 215 g/mol. The van der Waals surface area contributed by atoms with Crippen molar-refractivity contribution in [3.63, 3.8) is 0 Å². The second-order valence-corrected chi connectivity index (χ2v) is 4.98. The SMILES string of the molecule is CC(O)(Cc1ccc(Cl)cc1F)C1CC1. The Labute approximate surface area is 93.9 Å². The summed E-state index contributed by atoms with van der Waals surface area (Å²) in [5, 5.41) is 10.5. The Morgan fingerprint density at radius 2 is 2.20 bits per heavy atom. The lowest BCUT2D eigenvalue weighted by atomic mass is 9.91. The highest BCUT2D eigenvalue weighted by atomic mass is 35.5. The molecule has 1 atom stereocenters. The first-order valence-electron chi connectivity index (χ1n) is 5.15. The number of benzene rings is 1. The van der Waals surface area contributed by atoms with Gasteiger partial charge in [0.2, 0.25) is 0 Å². The molecule has 0 bridgehead atoms. The molecule has 0 aliphatic heterocycles. The molecule has 0 heterocycles. The average molecular weight is 229 g/mol. The molecule has 0 spiro atoms. The summed E-state index contributed by atoms with van der Waals surface area (Å²) in [5.74, 6) is -0.00370. The molecule has 1 nitrogen and oxygen atoms in total. The van der Waals surface area contributed by atoms with Crippen LogP contribution >= 0.6 is 11.6 Å². The summed E-state index contributed by atoms with van der Waals surface area (Å²) in [7, 11) is 0. The quantitative estimate of drug-likeness (QED) is 0.843. The van der Waals surface area contributed by atoms with Gasteiger partial charge in [-0.25, -0.2) is 4.39 Å². The highest BCUT2D eigenvalue weighted by Gasteiger charge is 2.40. The van der Waals surface area contributed by atoms with E-state index in [1.807, 2.05) is 0 Å². The van der Waals surface area contributed by atoms with Gasteiger partial charge < -0.3 is 5.11 Å². The molecule has 82 valence electrons. The maximum atomic E-state index is 13.5. The van der Waals surface area contributed by atoms with Crippen molar-refractivity contribution in [3.05, 3.63) is 34.6 Å². The van der Waals surface area contributed by atoms with E-state index in [2.05, 4.69) is 0 Å². The summed E-state index contributed by atoms with van der Waals surface area (Å²) in [6.07, 6.45) is 2.45. The van der Waals surface area contributed by atoms with Crippen molar-refractivity contribution in [2.45, 2.75) is 31.8 Å². The van der Waals surface area contributed by atoms with Crippen LogP contribution in [0.5, 0.6) is 0 Å². The molecule has 3 heteroatoms. The van der Waals surface area contributed by atoms with Crippen LogP contribution in [0.25, 0.3) is 0 Å². The summed E-state index contributed by atoms with van der Waals surface area (Å²) in [4.78, 5) is 0. The first-order chi connectivity index (χ1) is 6.99. The van der Waals surface area contributed by atoms with E-state index in [1.54, 1.807) is 19.1 Å². The van der Waals surface area contributed by atoms with Crippen molar-refractivity contribution < 1.29 is 9.50 Å². The van der Waals surface area contributed by atoms with E-state index in [0.29, 0.717) is 22.9 Å². The highest BCUT2D eigenvalue weighted by Crippen LogP contribution is 2.41. The van der Waals surface area contributed by atoms with Crippen molar-refractivity contribution in [1.29, 1.82) is 0 Å². The Hall–Kier alpha value is -0.600. The van der Waals surface area contributed by atoms with Crippen molar-refractivity contribution in [3.8, 4) is 0 Å². The van der Waals surface area contributed by atoms with Gasteiger partial charge in [0.05, 0.1) is 5.60 Å². The zero-order valence-corrected chi connectivity index (χ0v) is 9.39. The van der Waals surface area contributed by atoms with Crippen LogP contribution in [0.2, 0.25) is 5.02 Å². The van der Waals surface area contributed by atoms with Crippen LogP contribution in [-0.4, -0.2) is 10.7 Å². The van der Waals surface area contributed by atoms with Crippen LogP contribution in [0.4, 0.5) is 4.39 Å². The lowest BCUT2D eigenvalue weighted by molar-refractivity contribution is 0.0364. The van der Waals surface area contributed by atoms with Crippen LogP contribution in [0.3, 0.4) is 0 Å². The van der Waals surface area contributed by atoms with Gasteiger partial charge in [0, 0.05) is 11.4 Å². The smallest absolute Gasteiger partial charge is 0.127 e. The van der Waals surface area contributed by atoms with Crippen molar-refractivity contribution in [2.75, 3.05) is 0 Å². The molecule has 2 rings (SSSR count). The van der Waals surface area contributed by atoms with E-state index in [1.165, 1.54) is 6.07 Å². The van der Waals surface area contributed by atoms with E-state index in [4.69, 9.17) is 11.6 Å². The predicted molar refractivity (Wildman–Crippen MR) is 58.5 cm³/mol. The predicted octanol–water partition coefficient (Wildman–Crippen LogP) is 3.18. The van der Waals surface area contributed by atoms with E-state index in [9.17, 15) is 9.50 Å². The summed E-state index contributed by atoms with van der Waals surface area (Å²) in [6, 6.07) is 4.59. The van der Waals surface area contributed by atoms with E-state index in [-0.39, 0.29) is 5.82 Å². The zero-order valence-electron chi connectivity index (χ0n) is 8.63. The molecule has 1 aromatic rings. The molecule has 1 aromatic carbocycles. The van der Waals surface area contributed by atoms with Crippen LogP contribution in [0.15, 0.2) is 18.2 Å². The van der Waals surface area contributed by atoms with Crippen molar-refractivity contribution >= 4 is 11.6 Å². The van der Waals surface area contributed by atoms with Crippen molar-refractivity contribution in [2.24, 2.45) is 5.92 Å². The number of hydrogen-bond donors (Lipinski definition) is 1. The van der Waals surface area contributed by atoms with Gasteiger partial charge in [-0.05, 0) is 43.4 Å². The molecule has 0 amide bonds. The molecule has 15 heavy (non-hydrogen) atoms. The van der Waals surface area contributed by atoms with Gasteiger partial charge in [-0.2, -0.15) is 0 Å². The summed E-state index contributed by atoms with van der Waals surface area (Å²) >= 11 is 5.66. The van der Waals surface area contributed by atoms with E-state index < -0.39 is 5.60 Å². The molecule has 0 aromatic heterocycles. The standard InChI is InChI=1S/C12H14ClFO/c1-12(15,9-3-4-9)7-8-2-5-10(13)6-11(8)14/h2,5-6,9,15H,3-4,7H2,1H3. The highest BCUT2D eigenvalue weighted by molar-refractivity contribution is 6.30. The van der Waals surface area contributed by atoms with E-state index in [0.717, 1.165) is 12.8 Å². The van der Waals surface area contributed by atoms with Gasteiger partial charge >= 0.3 is 0 Å². The summed E-state index contributed by atoms with van der Waals surface area (Å²) in [6.45, 7) is 1.78. The zero-order chi connectivity index (χ0) is 11.1. The topological polar surface area (TPSA) is 20.2 Å². The second kappa shape index (κ2) is 3.76. The third-order valence-electron chi connectivity index (χ3n) is 3.02. The van der Waals surface area contributed by atoms with Crippen LogP contribution in [-0.2, 0) is 6.42 Å². The Bertz CT molecular complexity index is 372. The molecule has 0 radical (unpaired) electrons. The minimum Gasteiger partial charge on any atom is -0.390 e. The fourth-order valence-corrected chi connectivity index (χ4v) is 2.06. The van der Waals surface area contributed by atoms with Gasteiger partial charge in [0.25, 0.3) is 0 Å². The van der Waals surface area contributed by atoms with Gasteiger partial charge in [0.15, 0.2) is 0 Å². The fourth-order valence-electron chi connectivity index (χ4n) is 1.90. The van der Waals surface area contributed by atoms with Gasteiger partial charge in [0.1, 0.15) is 5.82 Å². The Morgan fingerprint density at radius 1 is 1.53 bits per heavy atom. The summed E-state index contributed by atoms with van der Waals surface area (Å²) < 4.78 is 13.5. The third-order valence-corrected chi connectivity index (χ3v) is 3.26. The maximum Gasteiger partial charge on any atom is 0.127 e. The third kappa shape index (κ3) is 2.50. The second-order valence-electron chi connectivity index (χ2n) is 4.54.